The van der Waals surface area contributed by atoms with Gasteiger partial charge in [0.2, 0.25) is 17.7 Å². The lowest BCUT2D eigenvalue weighted by Gasteiger charge is -2.36. The van der Waals surface area contributed by atoms with Gasteiger partial charge in [0, 0.05) is 25.7 Å². The molecule has 0 saturated carbocycles. The SMILES string of the molecule is CCN(CC)C(=O)/C(C)=C/[C@H](C(C)C)N(C)C(=O)[C@@H](NC(=O)C1CCCCN1C)C(C)C. The van der Waals surface area contributed by atoms with Gasteiger partial charge in [-0.1, -0.05) is 40.2 Å². The van der Waals surface area contributed by atoms with Crippen molar-refractivity contribution in [3.63, 3.8) is 0 Å². The van der Waals surface area contributed by atoms with Crippen LogP contribution in [0.15, 0.2) is 11.6 Å². The molecular formula is C25H46N4O3. The van der Waals surface area contributed by atoms with Crippen molar-refractivity contribution in [3.05, 3.63) is 11.6 Å². The second-order valence-corrected chi connectivity index (χ2v) is 9.73. The van der Waals surface area contributed by atoms with E-state index in [1.807, 2.05) is 61.6 Å². The number of nitrogens with one attached hydrogen (secondary N) is 1. The van der Waals surface area contributed by atoms with Gasteiger partial charge < -0.3 is 15.1 Å². The van der Waals surface area contributed by atoms with Crippen LogP contribution in [0.5, 0.6) is 0 Å². The molecule has 1 N–H and O–H groups in total. The maximum absolute atomic E-state index is 13.5. The van der Waals surface area contributed by atoms with Crippen LogP contribution in [-0.2, 0) is 14.4 Å². The highest BCUT2D eigenvalue weighted by Crippen LogP contribution is 2.19. The van der Waals surface area contributed by atoms with E-state index in [1.165, 1.54) is 0 Å². The molecule has 1 aliphatic rings. The summed E-state index contributed by atoms with van der Waals surface area (Å²) < 4.78 is 0. The number of hydrogen-bond acceptors (Lipinski definition) is 4. The smallest absolute Gasteiger partial charge is 0.249 e. The summed E-state index contributed by atoms with van der Waals surface area (Å²) in [5.74, 6) is -0.119. The minimum absolute atomic E-state index is 0.00412. The van der Waals surface area contributed by atoms with Gasteiger partial charge in [-0.15, -0.1) is 0 Å². The van der Waals surface area contributed by atoms with Crippen LogP contribution in [-0.4, -0.2) is 84.3 Å². The number of piperidine rings is 1. The van der Waals surface area contributed by atoms with Gasteiger partial charge in [-0.2, -0.15) is 0 Å². The molecule has 0 spiro atoms. The van der Waals surface area contributed by atoms with Crippen molar-refractivity contribution < 1.29 is 14.4 Å². The Balaban J connectivity index is 3.05. The molecule has 0 aromatic heterocycles. The third-order valence-electron chi connectivity index (χ3n) is 6.59. The molecule has 0 bridgehead atoms. The molecule has 1 aliphatic heterocycles. The van der Waals surface area contributed by atoms with Crippen molar-refractivity contribution in [1.82, 2.24) is 20.0 Å². The van der Waals surface area contributed by atoms with E-state index in [2.05, 4.69) is 10.2 Å². The number of nitrogens with zero attached hydrogens (tertiary/aromatic N) is 3. The van der Waals surface area contributed by atoms with Crippen molar-refractivity contribution >= 4 is 17.7 Å². The van der Waals surface area contributed by atoms with Crippen LogP contribution in [0.3, 0.4) is 0 Å². The molecule has 1 saturated heterocycles. The molecule has 0 aromatic rings. The van der Waals surface area contributed by atoms with Gasteiger partial charge in [0.1, 0.15) is 6.04 Å². The topological polar surface area (TPSA) is 73.0 Å². The number of likely N-dealkylation sites (N-methyl/N-ethyl adjacent to an activating group) is 3. The molecule has 0 aromatic carbocycles. The molecule has 3 amide bonds. The largest absolute Gasteiger partial charge is 0.343 e. The predicted octanol–water partition coefficient (Wildman–Crippen LogP) is 2.91. The van der Waals surface area contributed by atoms with E-state index >= 15 is 0 Å². The van der Waals surface area contributed by atoms with E-state index < -0.39 is 6.04 Å². The Morgan fingerprint density at radius 2 is 1.66 bits per heavy atom. The van der Waals surface area contributed by atoms with Crippen LogP contribution in [0.25, 0.3) is 0 Å². The second-order valence-electron chi connectivity index (χ2n) is 9.73. The molecule has 7 heteroatoms. The zero-order valence-corrected chi connectivity index (χ0v) is 21.8. The van der Waals surface area contributed by atoms with E-state index in [4.69, 9.17) is 0 Å². The van der Waals surface area contributed by atoms with Crippen molar-refractivity contribution in [2.75, 3.05) is 33.7 Å². The number of amides is 3. The first-order chi connectivity index (χ1) is 15.0. The minimum Gasteiger partial charge on any atom is -0.343 e. The summed E-state index contributed by atoms with van der Waals surface area (Å²) in [7, 11) is 3.74. The summed E-state index contributed by atoms with van der Waals surface area (Å²) in [6.45, 7) is 15.9. The normalized spacial score (nSPS) is 19.6. The Bertz CT molecular complexity index is 670. The molecule has 1 fully saturated rings. The van der Waals surface area contributed by atoms with Crippen molar-refractivity contribution in [1.29, 1.82) is 0 Å². The van der Waals surface area contributed by atoms with E-state index in [-0.39, 0.29) is 41.6 Å². The molecule has 1 unspecified atom stereocenters. The average Bonchev–Trinajstić information content (AvgIpc) is 2.75. The lowest BCUT2D eigenvalue weighted by atomic mass is 9.96. The summed E-state index contributed by atoms with van der Waals surface area (Å²) in [6.07, 6.45) is 4.85. The van der Waals surface area contributed by atoms with Gasteiger partial charge in [0.25, 0.3) is 0 Å². The molecule has 3 atom stereocenters. The van der Waals surface area contributed by atoms with Crippen LogP contribution in [0.2, 0.25) is 0 Å². The zero-order chi connectivity index (χ0) is 24.6. The van der Waals surface area contributed by atoms with Crippen LogP contribution >= 0.6 is 0 Å². The third-order valence-corrected chi connectivity index (χ3v) is 6.59. The monoisotopic (exact) mass is 450 g/mol. The first kappa shape index (κ1) is 28.1. The zero-order valence-electron chi connectivity index (χ0n) is 21.8. The Morgan fingerprint density at radius 3 is 2.12 bits per heavy atom. The van der Waals surface area contributed by atoms with Gasteiger partial charge in [0.05, 0.1) is 12.1 Å². The Morgan fingerprint density at radius 1 is 1.06 bits per heavy atom. The fraction of sp³-hybridized carbons (Fsp3) is 0.800. The number of carbonyl (C=O) groups excluding carboxylic acids is 3. The quantitative estimate of drug-likeness (QED) is 0.520. The molecule has 7 nitrogen and oxygen atoms in total. The minimum atomic E-state index is -0.601. The lowest BCUT2D eigenvalue weighted by molar-refractivity contribution is -0.139. The Hall–Kier alpha value is -1.89. The van der Waals surface area contributed by atoms with Gasteiger partial charge in [-0.3, -0.25) is 19.3 Å². The molecule has 32 heavy (non-hydrogen) atoms. The Labute approximate surface area is 195 Å². The van der Waals surface area contributed by atoms with Crippen molar-refractivity contribution in [2.45, 2.75) is 85.9 Å². The molecule has 1 rings (SSSR count). The van der Waals surface area contributed by atoms with Crippen molar-refractivity contribution in [3.8, 4) is 0 Å². The van der Waals surface area contributed by atoms with E-state index in [0.29, 0.717) is 18.7 Å². The maximum atomic E-state index is 13.5. The van der Waals surface area contributed by atoms with E-state index in [1.54, 1.807) is 16.8 Å². The maximum Gasteiger partial charge on any atom is 0.249 e. The first-order valence-corrected chi connectivity index (χ1v) is 12.2. The Kier molecular flexibility index (Phi) is 11.4. The number of carbonyl (C=O) groups is 3. The van der Waals surface area contributed by atoms with Crippen LogP contribution < -0.4 is 5.32 Å². The van der Waals surface area contributed by atoms with Gasteiger partial charge in [-0.05, 0) is 59.0 Å². The predicted molar refractivity (Wildman–Crippen MR) is 130 cm³/mol. The first-order valence-electron chi connectivity index (χ1n) is 12.2. The molecular weight excluding hydrogens is 404 g/mol. The highest BCUT2D eigenvalue weighted by Gasteiger charge is 2.34. The van der Waals surface area contributed by atoms with Crippen LogP contribution in [0.1, 0.15) is 67.7 Å². The van der Waals surface area contributed by atoms with Crippen LogP contribution in [0, 0.1) is 11.8 Å². The van der Waals surface area contributed by atoms with Gasteiger partial charge >= 0.3 is 0 Å². The summed E-state index contributed by atoms with van der Waals surface area (Å²) in [5.41, 5.74) is 0.640. The third kappa shape index (κ3) is 7.32. The van der Waals surface area contributed by atoms with Gasteiger partial charge in [-0.25, -0.2) is 0 Å². The fourth-order valence-corrected chi connectivity index (χ4v) is 4.37. The number of hydrogen-bond donors (Lipinski definition) is 1. The molecule has 1 heterocycles. The van der Waals surface area contributed by atoms with E-state index in [9.17, 15) is 14.4 Å². The molecule has 184 valence electrons. The van der Waals surface area contributed by atoms with Crippen LogP contribution in [0.4, 0.5) is 0 Å². The molecule has 0 radical (unpaired) electrons. The highest BCUT2D eigenvalue weighted by atomic mass is 16.2. The fourth-order valence-electron chi connectivity index (χ4n) is 4.37. The summed E-state index contributed by atoms with van der Waals surface area (Å²) >= 11 is 0. The summed E-state index contributed by atoms with van der Waals surface area (Å²) in [6, 6.07) is -1.02. The van der Waals surface area contributed by atoms with E-state index in [0.717, 1.165) is 25.8 Å². The highest BCUT2D eigenvalue weighted by molar-refractivity contribution is 5.93. The lowest BCUT2D eigenvalue weighted by Crippen LogP contribution is -2.57. The van der Waals surface area contributed by atoms with Crippen molar-refractivity contribution in [2.24, 2.45) is 11.8 Å². The number of likely N-dealkylation sites (tertiary alicyclic amines) is 1. The second kappa shape index (κ2) is 13.0. The standard InChI is InChI=1S/C25H46N4O3/c1-10-29(11-2)24(31)19(7)16-21(17(3)4)28(9)25(32)22(18(5)6)26-23(30)20-14-12-13-15-27(20)8/h16-18,20-22H,10-15H2,1-9H3,(H,26,30)/b19-16+/t20?,21-,22+/m1/s1. The number of rotatable bonds is 10. The average molecular weight is 451 g/mol. The van der Waals surface area contributed by atoms with Gasteiger partial charge in [0.15, 0.2) is 0 Å². The molecule has 0 aliphatic carbocycles. The summed E-state index contributed by atoms with van der Waals surface area (Å²) in [4.78, 5) is 44.8. The summed E-state index contributed by atoms with van der Waals surface area (Å²) in [5, 5.41) is 3.04.